The molecule has 0 saturated carbocycles. The smallest absolute Gasteiger partial charge is 0.346 e. The van der Waals surface area contributed by atoms with E-state index in [1.807, 2.05) is 61.2 Å². The Balaban J connectivity index is 1.55. The lowest BCUT2D eigenvalue weighted by molar-refractivity contribution is -0.147. The largest absolute Gasteiger partial charge is 0.478 e. The van der Waals surface area contributed by atoms with Gasteiger partial charge >= 0.3 is 5.97 Å². The van der Waals surface area contributed by atoms with E-state index in [9.17, 15) is 14.7 Å². The van der Waals surface area contributed by atoms with Gasteiger partial charge in [-0.05, 0) is 31.5 Å². The molecule has 2 atom stereocenters. The van der Waals surface area contributed by atoms with Crippen molar-refractivity contribution in [3.63, 3.8) is 0 Å². The first kappa shape index (κ1) is 20.9. The lowest BCUT2D eigenvalue weighted by atomic mass is 10.1. The Morgan fingerprint density at radius 3 is 2.41 bits per heavy atom. The van der Waals surface area contributed by atoms with Gasteiger partial charge in [0.25, 0.3) is 0 Å². The van der Waals surface area contributed by atoms with Crippen LogP contribution in [0.4, 0.5) is 0 Å². The van der Waals surface area contributed by atoms with Crippen LogP contribution in [0.25, 0.3) is 0 Å². The SMILES string of the molecule is Cc1ccc(OC(CN2CCN(C(=O)Cc3ccccc3)[C@@H](C)C2)C(=O)O)cc1. The molecule has 3 rings (SSSR count). The number of benzene rings is 2. The van der Waals surface area contributed by atoms with Crippen molar-refractivity contribution in [2.24, 2.45) is 0 Å². The van der Waals surface area contributed by atoms with Gasteiger partial charge in [0.2, 0.25) is 12.0 Å². The van der Waals surface area contributed by atoms with Crippen molar-refractivity contribution in [1.82, 2.24) is 9.80 Å². The van der Waals surface area contributed by atoms with Gasteiger partial charge in [0.05, 0.1) is 6.42 Å². The number of hydrogen-bond acceptors (Lipinski definition) is 4. The van der Waals surface area contributed by atoms with Gasteiger partial charge in [-0.25, -0.2) is 4.79 Å². The van der Waals surface area contributed by atoms with Crippen LogP contribution < -0.4 is 4.74 Å². The summed E-state index contributed by atoms with van der Waals surface area (Å²) in [5.74, 6) is -0.331. The molecule has 1 N–H and O–H groups in total. The number of carbonyl (C=O) groups is 2. The Hall–Kier alpha value is -2.86. The fourth-order valence-electron chi connectivity index (χ4n) is 3.62. The van der Waals surface area contributed by atoms with Crippen LogP contribution in [0.5, 0.6) is 5.75 Å². The van der Waals surface area contributed by atoms with Crippen LogP contribution in [0.15, 0.2) is 54.6 Å². The quantitative estimate of drug-likeness (QED) is 0.779. The first-order valence-corrected chi connectivity index (χ1v) is 9.94. The molecule has 1 aliphatic rings. The minimum atomic E-state index is -0.985. The molecule has 1 amide bonds. The van der Waals surface area contributed by atoms with Crippen LogP contribution in [-0.2, 0) is 16.0 Å². The molecule has 2 aromatic rings. The molecule has 6 nitrogen and oxygen atoms in total. The molecule has 0 spiro atoms. The number of nitrogens with zero attached hydrogens (tertiary/aromatic N) is 2. The van der Waals surface area contributed by atoms with Gasteiger partial charge in [0, 0.05) is 32.2 Å². The number of rotatable bonds is 7. The molecule has 1 saturated heterocycles. The summed E-state index contributed by atoms with van der Waals surface area (Å²) >= 11 is 0. The van der Waals surface area contributed by atoms with Crippen molar-refractivity contribution in [3.8, 4) is 5.75 Å². The van der Waals surface area contributed by atoms with E-state index in [2.05, 4.69) is 4.90 Å². The van der Waals surface area contributed by atoms with E-state index in [0.717, 1.165) is 11.1 Å². The van der Waals surface area contributed by atoms with Gasteiger partial charge in [0.15, 0.2) is 0 Å². The first-order valence-electron chi connectivity index (χ1n) is 9.94. The molecule has 0 radical (unpaired) electrons. The molecule has 1 heterocycles. The second-order valence-electron chi connectivity index (χ2n) is 7.62. The average molecular weight is 396 g/mol. The van der Waals surface area contributed by atoms with Gasteiger partial charge in [-0.2, -0.15) is 0 Å². The third kappa shape index (κ3) is 5.81. The summed E-state index contributed by atoms with van der Waals surface area (Å²) in [6.07, 6.45) is -0.559. The maximum Gasteiger partial charge on any atom is 0.346 e. The zero-order valence-corrected chi connectivity index (χ0v) is 17.0. The van der Waals surface area contributed by atoms with Crippen LogP contribution in [0, 0.1) is 6.92 Å². The van der Waals surface area contributed by atoms with E-state index in [-0.39, 0.29) is 18.5 Å². The van der Waals surface area contributed by atoms with E-state index < -0.39 is 12.1 Å². The number of carboxylic acid groups (broad SMARTS) is 1. The van der Waals surface area contributed by atoms with Crippen molar-refractivity contribution in [2.75, 3.05) is 26.2 Å². The first-order chi connectivity index (χ1) is 13.9. The number of carbonyl (C=O) groups excluding carboxylic acids is 1. The highest BCUT2D eigenvalue weighted by Gasteiger charge is 2.31. The van der Waals surface area contributed by atoms with E-state index in [1.165, 1.54) is 0 Å². The number of aryl methyl sites for hydroxylation is 1. The third-order valence-electron chi connectivity index (χ3n) is 5.23. The Bertz CT molecular complexity index is 823. The summed E-state index contributed by atoms with van der Waals surface area (Å²) in [6.45, 7) is 6.11. The Morgan fingerprint density at radius 1 is 1.10 bits per heavy atom. The van der Waals surface area contributed by atoms with E-state index in [0.29, 0.717) is 31.8 Å². The molecule has 0 aromatic heterocycles. The van der Waals surface area contributed by atoms with E-state index >= 15 is 0 Å². The van der Waals surface area contributed by atoms with Gasteiger partial charge < -0.3 is 14.7 Å². The van der Waals surface area contributed by atoms with Crippen LogP contribution >= 0.6 is 0 Å². The second-order valence-corrected chi connectivity index (χ2v) is 7.62. The lowest BCUT2D eigenvalue weighted by Gasteiger charge is -2.40. The van der Waals surface area contributed by atoms with Crippen molar-refractivity contribution < 1.29 is 19.4 Å². The highest BCUT2D eigenvalue weighted by molar-refractivity contribution is 5.79. The average Bonchev–Trinajstić information content (AvgIpc) is 2.70. The maximum atomic E-state index is 12.7. The fourth-order valence-corrected chi connectivity index (χ4v) is 3.62. The van der Waals surface area contributed by atoms with Crippen molar-refractivity contribution in [3.05, 3.63) is 65.7 Å². The molecule has 0 bridgehead atoms. The van der Waals surface area contributed by atoms with Crippen molar-refractivity contribution in [2.45, 2.75) is 32.4 Å². The Kier molecular flexibility index (Phi) is 6.88. The molecule has 154 valence electrons. The normalized spacial score (nSPS) is 18.3. The minimum Gasteiger partial charge on any atom is -0.478 e. The molecule has 1 fully saturated rings. The molecule has 2 aromatic carbocycles. The predicted octanol–water partition coefficient (Wildman–Crippen LogP) is 2.60. The Morgan fingerprint density at radius 2 is 1.79 bits per heavy atom. The van der Waals surface area contributed by atoms with Crippen molar-refractivity contribution >= 4 is 11.9 Å². The van der Waals surface area contributed by atoms with Crippen LogP contribution in [0.2, 0.25) is 0 Å². The molecule has 29 heavy (non-hydrogen) atoms. The van der Waals surface area contributed by atoms with Crippen LogP contribution in [-0.4, -0.2) is 65.1 Å². The zero-order chi connectivity index (χ0) is 20.8. The summed E-state index contributed by atoms with van der Waals surface area (Å²) in [6, 6.07) is 17.1. The van der Waals surface area contributed by atoms with Crippen molar-refractivity contribution in [1.29, 1.82) is 0 Å². The molecule has 1 unspecified atom stereocenters. The second kappa shape index (κ2) is 9.56. The number of piperazine rings is 1. The highest BCUT2D eigenvalue weighted by Crippen LogP contribution is 2.17. The topological polar surface area (TPSA) is 70.1 Å². The number of aliphatic carboxylic acids is 1. The molecule has 1 aliphatic heterocycles. The predicted molar refractivity (Wildman–Crippen MR) is 111 cm³/mol. The molecular weight excluding hydrogens is 368 g/mol. The van der Waals surface area contributed by atoms with Gasteiger partial charge in [-0.1, -0.05) is 48.0 Å². The zero-order valence-electron chi connectivity index (χ0n) is 17.0. The van der Waals surface area contributed by atoms with E-state index in [1.54, 1.807) is 12.1 Å². The summed E-state index contributed by atoms with van der Waals surface area (Å²) in [5.41, 5.74) is 2.10. The monoisotopic (exact) mass is 396 g/mol. The summed E-state index contributed by atoms with van der Waals surface area (Å²) in [4.78, 5) is 28.3. The van der Waals surface area contributed by atoms with Crippen LogP contribution in [0.1, 0.15) is 18.1 Å². The molecule has 6 heteroatoms. The third-order valence-corrected chi connectivity index (χ3v) is 5.23. The highest BCUT2D eigenvalue weighted by atomic mass is 16.5. The molecule has 0 aliphatic carbocycles. The minimum absolute atomic E-state index is 0.0220. The number of amides is 1. The van der Waals surface area contributed by atoms with Gasteiger partial charge in [-0.15, -0.1) is 0 Å². The standard InChI is InChI=1S/C23H28N2O4/c1-17-8-10-20(11-9-17)29-21(23(27)28)16-24-12-13-25(18(2)15-24)22(26)14-19-6-4-3-5-7-19/h3-11,18,21H,12-16H2,1-2H3,(H,27,28)/t18-,21?/m0/s1. The summed E-state index contributed by atoms with van der Waals surface area (Å²) < 4.78 is 5.70. The lowest BCUT2D eigenvalue weighted by Crippen LogP contribution is -2.56. The Labute approximate surface area is 171 Å². The summed E-state index contributed by atoms with van der Waals surface area (Å²) in [7, 11) is 0. The van der Waals surface area contributed by atoms with Crippen LogP contribution in [0.3, 0.4) is 0 Å². The molecular formula is C23H28N2O4. The van der Waals surface area contributed by atoms with E-state index in [4.69, 9.17) is 4.74 Å². The maximum absolute atomic E-state index is 12.7. The fraction of sp³-hybridized carbons (Fsp3) is 0.391. The summed E-state index contributed by atoms with van der Waals surface area (Å²) in [5, 5.41) is 9.57. The van der Waals surface area contributed by atoms with Gasteiger partial charge in [0.1, 0.15) is 5.75 Å². The van der Waals surface area contributed by atoms with Gasteiger partial charge in [-0.3, -0.25) is 9.69 Å². The number of ether oxygens (including phenoxy) is 1. The number of hydrogen-bond donors (Lipinski definition) is 1. The number of carboxylic acids is 1.